The molecule has 4 nitrogen and oxygen atoms in total. The molecule has 5 heteroatoms. The highest BCUT2D eigenvalue weighted by Gasteiger charge is 2.21. The van der Waals surface area contributed by atoms with Gasteiger partial charge in [-0.3, -0.25) is 4.57 Å². The summed E-state index contributed by atoms with van der Waals surface area (Å²) in [5.41, 5.74) is 7.71. The topological polar surface area (TPSA) is 35.6 Å². The smallest absolute Gasteiger partial charge is 0.236 e. The van der Waals surface area contributed by atoms with E-state index in [1.165, 1.54) is 37.1 Å². The summed E-state index contributed by atoms with van der Waals surface area (Å²) in [6.45, 7) is 0. The zero-order chi connectivity index (χ0) is 29.5. The number of para-hydroxylation sites is 4. The van der Waals surface area contributed by atoms with Crippen LogP contribution in [0.2, 0.25) is 0 Å². The van der Waals surface area contributed by atoms with E-state index >= 15 is 0 Å². The van der Waals surface area contributed by atoms with Crippen molar-refractivity contribution < 1.29 is 0 Å². The highest BCUT2D eigenvalue weighted by Crippen LogP contribution is 2.42. The second-order valence-corrected chi connectivity index (χ2v) is 12.5. The number of hydrogen-bond acceptors (Lipinski definition) is 3. The molecule has 0 spiro atoms. The number of rotatable bonds is 3. The molecule has 6 aromatic carbocycles. The molecule has 0 atom stereocenters. The lowest BCUT2D eigenvalue weighted by atomic mass is 10.0. The first kappa shape index (κ1) is 24.6. The van der Waals surface area contributed by atoms with Crippen LogP contribution in [0.25, 0.3) is 86.8 Å². The maximum Gasteiger partial charge on any atom is 0.236 e. The van der Waals surface area contributed by atoms with Crippen LogP contribution in [0.3, 0.4) is 0 Å². The zero-order valence-electron chi connectivity index (χ0n) is 24.1. The number of thiophene rings is 1. The number of benzene rings is 6. The van der Waals surface area contributed by atoms with Crippen LogP contribution in [0, 0.1) is 0 Å². The lowest BCUT2D eigenvalue weighted by molar-refractivity contribution is 1.02. The van der Waals surface area contributed by atoms with Crippen molar-refractivity contribution >= 4 is 75.3 Å². The van der Waals surface area contributed by atoms with Gasteiger partial charge in [-0.15, -0.1) is 11.3 Å². The van der Waals surface area contributed by atoms with E-state index in [-0.39, 0.29) is 0 Å². The largest absolute Gasteiger partial charge is 0.309 e. The molecular formula is C40H24N4S. The van der Waals surface area contributed by atoms with Crippen LogP contribution < -0.4 is 0 Å². The van der Waals surface area contributed by atoms with Gasteiger partial charge in [0.2, 0.25) is 5.95 Å². The molecule has 45 heavy (non-hydrogen) atoms. The van der Waals surface area contributed by atoms with Gasteiger partial charge in [0.25, 0.3) is 0 Å². The Kier molecular flexibility index (Phi) is 5.12. The second kappa shape index (κ2) is 9.36. The van der Waals surface area contributed by atoms with Gasteiger partial charge in [0.05, 0.1) is 27.8 Å². The Morgan fingerprint density at radius 3 is 1.69 bits per heavy atom. The van der Waals surface area contributed by atoms with E-state index in [2.05, 4.69) is 155 Å². The van der Waals surface area contributed by atoms with Crippen molar-refractivity contribution in [3.8, 4) is 22.9 Å². The minimum absolute atomic E-state index is 0.685. The van der Waals surface area contributed by atoms with Crippen molar-refractivity contribution in [3.63, 3.8) is 0 Å². The van der Waals surface area contributed by atoms with Crippen LogP contribution in [0.4, 0.5) is 0 Å². The normalized spacial score (nSPS) is 12.0. The van der Waals surface area contributed by atoms with Gasteiger partial charge < -0.3 is 4.57 Å². The maximum atomic E-state index is 5.45. The predicted octanol–water partition coefficient (Wildman–Crippen LogP) is 10.7. The highest BCUT2D eigenvalue weighted by molar-refractivity contribution is 7.25. The average molecular weight is 593 g/mol. The van der Waals surface area contributed by atoms with Crippen LogP contribution in [-0.2, 0) is 0 Å². The lowest BCUT2D eigenvalue weighted by Gasteiger charge is -2.11. The third-order valence-electron chi connectivity index (χ3n) is 8.97. The van der Waals surface area contributed by atoms with Crippen molar-refractivity contribution in [3.05, 3.63) is 146 Å². The van der Waals surface area contributed by atoms with Crippen LogP contribution in [-0.4, -0.2) is 19.1 Å². The molecule has 10 aromatic rings. The van der Waals surface area contributed by atoms with E-state index in [9.17, 15) is 0 Å². The SMILES string of the molecule is c1ccc(-n2c3ccccc3c3ccc(-c4nc(-n5c6ccccc6c6ccccc65)nc5sc6ccccc6c45)cc32)cc1. The van der Waals surface area contributed by atoms with Gasteiger partial charge in [-0.1, -0.05) is 103 Å². The lowest BCUT2D eigenvalue weighted by Crippen LogP contribution is -2.02. The molecule has 0 amide bonds. The second-order valence-electron chi connectivity index (χ2n) is 11.4. The molecule has 0 fully saturated rings. The van der Waals surface area contributed by atoms with Crippen molar-refractivity contribution in [1.82, 2.24) is 19.1 Å². The van der Waals surface area contributed by atoms with Gasteiger partial charge in [-0.2, -0.15) is 0 Å². The Balaban J connectivity index is 1.33. The molecule has 0 N–H and O–H groups in total. The van der Waals surface area contributed by atoms with Gasteiger partial charge in [-0.05, 0) is 42.5 Å². The molecule has 0 saturated carbocycles. The van der Waals surface area contributed by atoms with E-state index in [0.717, 1.165) is 43.7 Å². The zero-order valence-corrected chi connectivity index (χ0v) is 24.9. The summed E-state index contributed by atoms with van der Waals surface area (Å²) < 4.78 is 5.80. The first-order chi connectivity index (χ1) is 22.3. The van der Waals surface area contributed by atoms with Crippen LogP contribution >= 0.6 is 11.3 Å². The Labute approximate surface area is 262 Å². The standard InChI is InChI=1S/C40H24N4S/c1-2-12-26(13-3-1)43-32-18-8-4-16-29(32)30-23-22-25(24-35(30)43)38-37-31-17-7-11-21-36(31)45-39(37)42-40(41-38)44-33-19-9-5-14-27(33)28-15-6-10-20-34(28)44/h1-24H. The van der Waals surface area contributed by atoms with Crippen LogP contribution in [0.5, 0.6) is 0 Å². The summed E-state index contributed by atoms with van der Waals surface area (Å²) in [5.74, 6) is 0.685. The highest BCUT2D eigenvalue weighted by atomic mass is 32.1. The van der Waals surface area contributed by atoms with Crippen molar-refractivity contribution in [2.24, 2.45) is 0 Å². The number of nitrogens with zero attached hydrogens (tertiary/aromatic N) is 4. The first-order valence-corrected chi connectivity index (χ1v) is 15.9. The molecule has 0 bridgehead atoms. The fraction of sp³-hybridized carbons (Fsp3) is 0. The van der Waals surface area contributed by atoms with E-state index in [1.54, 1.807) is 11.3 Å². The fourth-order valence-electron chi connectivity index (χ4n) is 7.03. The van der Waals surface area contributed by atoms with E-state index < -0.39 is 0 Å². The van der Waals surface area contributed by atoms with Crippen molar-refractivity contribution in [2.45, 2.75) is 0 Å². The number of aromatic nitrogens is 4. The summed E-state index contributed by atoms with van der Waals surface area (Å²) >= 11 is 1.73. The Bertz CT molecular complexity index is 2710. The van der Waals surface area contributed by atoms with Crippen LogP contribution in [0.15, 0.2) is 146 Å². The van der Waals surface area contributed by atoms with Gasteiger partial charge in [0.15, 0.2) is 0 Å². The Hall–Kier alpha value is -5.78. The first-order valence-electron chi connectivity index (χ1n) is 15.1. The van der Waals surface area contributed by atoms with Crippen molar-refractivity contribution in [2.75, 3.05) is 0 Å². The quantitative estimate of drug-likeness (QED) is 0.205. The molecule has 210 valence electrons. The number of hydrogen-bond donors (Lipinski definition) is 0. The molecular weight excluding hydrogens is 569 g/mol. The molecule has 4 heterocycles. The van der Waals surface area contributed by atoms with Gasteiger partial charge in [0.1, 0.15) is 4.83 Å². The minimum atomic E-state index is 0.685. The molecule has 0 aliphatic rings. The predicted molar refractivity (Wildman–Crippen MR) is 189 cm³/mol. The third kappa shape index (κ3) is 3.53. The minimum Gasteiger partial charge on any atom is -0.309 e. The Morgan fingerprint density at radius 1 is 0.444 bits per heavy atom. The van der Waals surface area contributed by atoms with E-state index in [0.29, 0.717) is 5.95 Å². The molecule has 10 rings (SSSR count). The van der Waals surface area contributed by atoms with E-state index in [1.807, 2.05) is 0 Å². The summed E-state index contributed by atoms with van der Waals surface area (Å²) in [6, 6.07) is 51.7. The number of fused-ring (bicyclic) bond motifs is 9. The van der Waals surface area contributed by atoms with Crippen molar-refractivity contribution in [1.29, 1.82) is 0 Å². The van der Waals surface area contributed by atoms with Gasteiger partial charge in [0, 0.05) is 48.3 Å². The Morgan fingerprint density at radius 2 is 1.00 bits per heavy atom. The fourth-order valence-corrected chi connectivity index (χ4v) is 8.10. The van der Waals surface area contributed by atoms with Gasteiger partial charge in [-0.25, -0.2) is 9.97 Å². The molecule has 0 saturated heterocycles. The van der Waals surface area contributed by atoms with E-state index in [4.69, 9.17) is 9.97 Å². The molecule has 0 unspecified atom stereocenters. The third-order valence-corrected chi connectivity index (χ3v) is 10.0. The van der Waals surface area contributed by atoms with Crippen LogP contribution in [0.1, 0.15) is 0 Å². The summed E-state index contributed by atoms with van der Waals surface area (Å²) in [5, 5.41) is 7.14. The molecule has 4 aromatic heterocycles. The molecule has 0 aliphatic heterocycles. The molecule has 0 aliphatic carbocycles. The monoisotopic (exact) mass is 592 g/mol. The maximum absolute atomic E-state index is 5.45. The van der Waals surface area contributed by atoms with Gasteiger partial charge >= 0.3 is 0 Å². The summed E-state index contributed by atoms with van der Waals surface area (Å²) in [7, 11) is 0. The average Bonchev–Trinajstić information content (AvgIpc) is 3.75. The summed E-state index contributed by atoms with van der Waals surface area (Å²) in [4.78, 5) is 11.7. The summed E-state index contributed by atoms with van der Waals surface area (Å²) in [6.07, 6.45) is 0. The molecule has 0 radical (unpaired) electrons.